The van der Waals surface area contributed by atoms with Gasteiger partial charge in [-0.2, -0.15) is 0 Å². The molecule has 0 spiro atoms. The van der Waals surface area contributed by atoms with Crippen LogP contribution < -0.4 is 0 Å². The molecule has 0 heterocycles. The molecule has 0 aliphatic heterocycles. The molecule has 0 saturated heterocycles. The zero-order valence-electron chi connectivity index (χ0n) is 8.90. The highest BCUT2D eigenvalue weighted by atomic mass is 35.5. The molecule has 0 unspecified atom stereocenters. The van der Waals surface area contributed by atoms with Crippen LogP contribution in [-0.4, -0.2) is 5.75 Å². The van der Waals surface area contributed by atoms with Crippen molar-refractivity contribution in [2.24, 2.45) is 0 Å². The molecule has 16 heavy (non-hydrogen) atoms. The topological polar surface area (TPSA) is 0 Å². The lowest BCUT2D eigenvalue weighted by Gasteiger charge is -2.03. The van der Waals surface area contributed by atoms with Crippen molar-refractivity contribution in [2.75, 3.05) is 5.75 Å². The second-order valence-corrected chi connectivity index (χ2v) is 5.06. The second-order valence-electron chi connectivity index (χ2n) is 3.51. The molecule has 2 heteroatoms. The van der Waals surface area contributed by atoms with Gasteiger partial charge in [-0.1, -0.05) is 54.1 Å². The molecule has 0 aliphatic rings. The van der Waals surface area contributed by atoms with Crippen LogP contribution >= 0.6 is 23.4 Å². The van der Waals surface area contributed by atoms with Crippen LogP contribution in [0.3, 0.4) is 0 Å². The van der Waals surface area contributed by atoms with Gasteiger partial charge in [-0.05, 0) is 24.1 Å². The van der Waals surface area contributed by atoms with E-state index >= 15 is 0 Å². The summed E-state index contributed by atoms with van der Waals surface area (Å²) in [6.07, 6.45) is 1.08. The number of halogens is 1. The van der Waals surface area contributed by atoms with Gasteiger partial charge in [-0.3, -0.25) is 0 Å². The van der Waals surface area contributed by atoms with E-state index in [9.17, 15) is 0 Å². The first kappa shape index (κ1) is 11.6. The molecule has 0 saturated carbocycles. The normalized spacial score (nSPS) is 10.3. The highest BCUT2D eigenvalue weighted by molar-refractivity contribution is 7.99. The average Bonchev–Trinajstić information content (AvgIpc) is 2.33. The van der Waals surface area contributed by atoms with Crippen LogP contribution in [0.15, 0.2) is 59.5 Å². The second kappa shape index (κ2) is 5.97. The predicted molar refractivity (Wildman–Crippen MR) is 72.3 cm³/mol. The van der Waals surface area contributed by atoms with Gasteiger partial charge in [0.2, 0.25) is 0 Å². The van der Waals surface area contributed by atoms with Gasteiger partial charge >= 0.3 is 0 Å². The minimum absolute atomic E-state index is 0.848. The lowest BCUT2D eigenvalue weighted by molar-refractivity contribution is 1.15. The monoisotopic (exact) mass is 248 g/mol. The summed E-state index contributed by atoms with van der Waals surface area (Å²) in [4.78, 5) is 1.17. The Bertz CT molecular complexity index is 439. The molecule has 2 aromatic carbocycles. The molecule has 0 amide bonds. The van der Waals surface area contributed by atoms with E-state index in [4.69, 9.17) is 11.6 Å². The van der Waals surface area contributed by atoms with E-state index < -0.39 is 0 Å². The molecule has 0 bridgehead atoms. The number of thioether (sulfide) groups is 1. The summed E-state index contributed by atoms with van der Waals surface area (Å²) in [6, 6.07) is 18.5. The summed E-state index contributed by atoms with van der Waals surface area (Å²) in [5, 5.41) is 0.848. The van der Waals surface area contributed by atoms with Crippen LogP contribution in [-0.2, 0) is 6.42 Å². The molecule has 0 fully saturated rings. The molecular weight excluding hydrogens is 236 g/mol. The number of aryl methyl sites for hydroxylation is 1. The molecule has 82 valence electrons. The number of rotatable bonds is 4. The first-order valence-electron chi connectivity index (χ1n) is 5.27. The maximum Gasteiger partial charge on any atom is 0.0541 e. The van der Waals surface area contributed by atoms with Gasteiger partial charge in [-0.25, -0.2) is 0 Å². The number of hydrogen-bond acceptors (Lipinski definition) is 1. The third kappa shape index (κ3) is 3.29. The molecule has 2 aromatic rings. The fraction of sp³-hybridized carbons (Fsp3) is 0.143. The summed E-state index contributed by atoms with van der Waals surface area (Å²) in [6.45, 7) is 0. The van der Waals surface area contributed by atoms with Crippen molar-refractivity contribution in [1.29, 1.82) is 0 Å². The van der Waals surface area contributed by atoms with Crippen molar-refractivity contribution in [3.8, 4) is 0 Å². The van der Waals surface area contributed by atoms with Crippen LogP contribution in [0.1, 0.15) is 5.56 Å². The Kier molecular flexibility index (Phi) is 4.32. The minimum atomic E-state index is 0.848. The van der Waals surface area contributed by atoms with E-state index in [1.165, 1.54) is 10.5 Å². The smallest absolute Gasteiger partial charge is 0.0541 e. The molecule has 0 atom stereocenters. The Morgan fingerprint density at radius 3 is 2.31 bits per heavy atom. The fourth-order valence-corrected chi connectivity index (χ4v) is 2.72. The highest BCUT2D eigenvalue weighted by Crippen LogP contribution is 2.26. The lowest BCUT2D eigenvalue weighted by atomic mass is 10.2. The summed E-state index contributed by atoms with van der Waals surface area (Å²) in [5.41, 5.74) is 1.38. The Labute approximate surface area is 106 Å². The van der Waals surface area contributed by atoms with Crippen LogP contribution in [0.5, 0.6) is 0 Å². The summed E-state index contributed by atoms with van der Waals surface area (Å²) in [7, 11) is 0. The maximum absolute atomic E-state index is 6.09. The Hall–Kier alpha value is -0.920. The zero-order valence-corrected chi connectivity index (χ0v) is 10.5. The summed E-state index contributed by atoms with van der Waals surface area (Å²) in [5.74, 6) is 1.06. The molecule has 0 radical (unpaired) electrons. The largest absolute Gasteiger partial charge is 0.124 e. The van der Waals surface area contributed by atoms with E-state index in [0.29, 0.717) is 0 Å². The molecule has 0 N–H and O–H groups in total. The van der Waals surface area contributed by atoms with E-state index in [1.807, 2.05) is 36.0 Å². The van der Waals surface area contributed by atoms with E-state index in [0.717, 1.165) is 17.2 Å². The third-order valence-corrected chi connectivity index (χ3v) is 3.84. The minimum Gasteiger partial charge on any atom is -0.124 e. The standard InChI is InChI=1S/C14H13ClS/c15-13-8-4-5-9-14(13)16-11-10-12-6-2-1-3-7-12/h1-9H,10-11H2. The van der Waals surface area contributed by atoms with Crippen LogP contribution in [0.4, 0.5) is 0 Å². The number of benzene rings is 2. The van der Waals surface area contributed by atoms with Gasteiger partial charge in [0.05, 0.1) is 5.02 Å². The van der Waals surface area contributed by atoms with Gasteiger partial charge in [0, 0.05) is 10.6 Å². The predicted octanol–water partition coefficient (Wildman–Crippen LogP) is 4.67. The molecule has 0 aromatic heterocycles. The Morgan fingerprint density at radius 1 is 0.875 bits per heavy atom. The van der Waals surface area contributed by atoms with Crippen molar-refractivity contribution >= 4 is 23.4 Å². The third-order valence-electron chi connectivity index (χ3n) is 2.33. The van der Waals surface area contributed by atoms with E-state index in [1.54, 1.807) is 0 Å². The van der Waals surface area contributed by atoms with Crippen molar-refractivity contribution < 1.29 is 0 Å². The molecule has 0 aliphatic carbocycles. The fourth-order valence-electron chi connectivity index (χ4n) is 1.49. The molecular formula is C14H13ClS. The van der Waals surface area contributed by atoms with Crippen molar-refractivity contribution in [3.63, 3.8) is 0 Å². The number of hydrogen-bond donors (Lipinski definition) is 0. The highest BCUT2D eigenvalue weighted by Gasteiger charge is 1.99. The van der Waals surface area contributed by atoms with Gasteiger partial charge in [0.1, 0.15) is 0 Å². The lowest BCUT2D eigenvalue weighted by Crippen LogP contribution is -1.87. The summed E-state index contributed by atoms with van der Waals surface area (Å²) < 4.78 is 0. The van der Waals surface area contributed by atoms with Crippen molar-refractivity contribution in [1.82, 2.24) is 0 Å². The Morgan fingerprint density at radius 2 is 1.56 bits per heavy atom. The van der Waals surface area contributed by atoms with Gasteiger partial charge < -0.3 is 0 Å². The van der Waals surface area contributed by atoms with Crippen LogP contribution in [0.25, 0.3) is 0 Å². The molecule has 0 nitrogen and oxygen atoms in total. The van der Waals surface area contributed by atoms with Crippen molar-refractivity contribution in [3.05, 3.63) is 65.2 Å². The first-order chi connectivity index (χ1) is 7.86. The Balaban J connectivity index is 1.87. The average molecular weight is 249 g/mol. The van der Waals surface area contributed by atoms with Crippen molar-refractivity contribution in [2.45, 2.75) is 11.3 Å². The molecule has 2 rings (SSSR count). The SMILES string of the molecule is Clc1ccccc1SCCc1ccccc1. The zero-order chi connectivity index (χ0) is 11.2. The summed E-state index contributed by atoms with van der Waals surface area (Å²) >= 11 is 7.90. The first-order valence-corrected chi connectivity index (χ1v) is 6.64. The van der Waals surface area contributed by atoms with Crippen LogP contribution in [0.2, 0.25) is 5.02 Å². The van der Waals surface area contributed by atoms with Crippen LogP contribution in [0, 0.1) is 0 Å². The quantitative estimate of drug-likeness (QED) is 0.709. The van der Waals surface area contributed by atoms with Gasteiger partial charge in [-0.15, -0.1) is 11.8 Å². The van der Waals surface area contributed by atoms with E-state index in [2.05, 4.69) is 30.3 Å². The van der Waals surface area contributed by atoms with Gasteiger partial charge in [0.25, 0.3) is 0 Å². The maximum atomic E-state index is 6.09. The van der Waals surface area contributed by atoms with E-state index in [-0.39, 0.29) is 0 Å². The van der Waals surface area contributed by atoms with Gasteiger partial charge in [0.15, 0.2) is 0 Å².